The molecule has 5 heteroatoms. The SMILES string of the molecule is Fc1cc(F)cc([C@H](c2cccs2)N2CCNCC2)c1. The molecule has 1 aromatic carbocycles. The molecule has 0 saturated carbocycles. The first-order valence-corrected chi connectivity index (χ1v) is 7.56. The lowest BCUT2D eigenvalue weighted by Gasteiger charge is -2.34. The Bertz CT molecular complexity index is 545. The van der Waals surface area contributed by atoms with Crippen molar-refractivity contribution >= 4 is 11.3 Å². The van der Waals surface area contributed by atoms with Gasteiger partial charge >= 0.3 is 0 Å². The molecule has 1 aliphatic heterocycles. The summed E-state index contributed by atoms with van der Waals surface area (Å²) in [6.07, 6.45) is 0. The van der Waals surface area contributed by atoms with Crippen molar-refractivity contribution in [1.29, 1.82) is 0 Å². The lowest BCUT2D eigenvalue weighted by atomic mass is 10.0. The van der Waals surface area contributed by atoms with E-state index in [1.54, 1.807) is 11.3 Å². The van der Waals surface area contributed by atoms with Crippen molar-refractivity contribution in [3.8, 4) is 0 Å². The summed E-state index contributed by atoms with van der Waals surface area (Å²) >= 11 is 1.62. The molecule has 0 radical (unpaired) electrons. The van der Waals surface area contributed by atoms with Crippen LogP contribution in [-0.4, -0.2) is 31.1 Å². The molecule has 3 rings (SSSR count). The molecule has 2 nitrogen and oxygen atoms in total. The first-order chi connectivity index (χ1) is 9.74. The van der Waals surface area contributed by atoms with Gasteiger partial charge in [0.2, 0.25) is 0 Å². The Kier molecular flexibility index (Phi) is 4.10. The van der Waals surface area contributed by atoms with E-state index in [9.17, 15) is 8.78 Å². The Morgan fingerprint density at radius 3 is 2.40 bits per heavy atom. The normalized spacial score (nSPS) is 18.1. The standard InChI is InChI=1S/C15H16F2N2S/c16-12-8-11(9-13(17)10-12)15(14-2-1-7-20-14)19-5-3-18-4-6-19/h1-2,7-10,15,18H,3-6H2/t15-/m1/s1. The second kappa shape index (κ2) is 5.99. The molecular weight excluding hydrogens is 278 g/mol. The molecule has 0 unspecified atom stereocenters. The fourth-order valence-corrected chi connectivity index (χ4v) is 3.56. The van der Waals surface area contributed by atoms with Crippen molar-refractivity contribution in [2.45, 2.75) is 6.04 Å². The summed E-state index contributed by atoms with van der Waals surface area (Å²) in [7, 11) is 0. The molecule has 0 spiro atoms. The monoisotopic (exact) mass is 294 g/mol. The van der Waals surface area contributed by atoms with Crippen LogP contribution in [0.3, 0.4) is 0 Å². The van der Waals surface area contributed by atoms with E-state index in [-0.39, 0.29) is 6.04 Å². The number of nitrogens with one attached hydrogen (secondary N) is 1. The quantitative estimate of drug-likeness (QED) is 0.936. The summed E-state index contributed by atoms with van der Waals surface area (Å²) in [4.78, 5) is 3.40. The van der Waals surface area contributed by atoms with Crippen LogP contribution in [0.25, 0.3) is 0 Å². The van der Waals surface area contributed by atoms with E-state index < -0.39 is 11.6 Å². The second-order valence-corrected chi connectivity index (χ2v) is 5.89. The summed E-state index contributed by atoms with van der Waals surface area (Å²) in [5.41, 5.74) is 0.687. The van der Waals surface area contributed by atoms with Gasteiger partial charge in [0.1, 0.15) is 11.6 Å². The van der Waals surface area contributed by atoms with Crippen LogP contribution in [0, 0.1) is 11.6 Å². The molecule has 106 valence electrons. The Labute approximate surface area is 121 Å². The van der Waals surface area contributed by atoms with Crippen LogP contribution in [0.4, 0.5) is 8.78 Å². The van der Waals surface area contributed by atoms with Crippen LogP contribution in [0.1, 0.15) is 16.5 Å². The molecule has 1 aliphatic rings. The topological polar surface area (TPSA) is 15.3 Å². The van der Waals surface area contributed by atoms with Crippen LogP contribution in [0.2, 0.25) is 0 Å². The third-order valence-corrected chi connectivity index (χ3v) is 4.45. The maximum absolute atomic E-state index is 13.5. The van der Waals surface area contributed by atoms with Crippen molar-refractivity contribution in [3.05, 3.63) is 57.8 Å². The average molecular weight is 294 g/mol. The largest absolute Gasteiger partial charge is 0.314 e. The zero-order valence-corrected chi connectivity index (χ0v) is 11.8. The number of hydrogen-bond acceptors (Lipinski definition) is 3. The number of rotatable bonds is 3. The van der Waals surface area contributed by atoms with Crippen LogP contribution >= 0.6 is 11.3 Å². The van der Waals surface area contributed by atoms with Crippen molar-refractivity contribution in [2.24, 2.45) is 0 Å². The number of thiophene rings is 1. The fraction of sp³-hybridized carbons (Fsp3) is 0.333. The van der Waals surface area contributed by atoms with Gasteiger partial charge < -0.3 is 5.32 Å². The van der Waals surface area contributed by atoms with E-state index in [4.69, 9.17) is 0 Å². The highest BCUT2D eigenvalue weighted by molar-refractivity contribution is 7.10. The van der Waals surface area contributed by atoms with Gasteiger partial charge in [0.05, 0.1) is 6.04 Å². The molecule has 1 fully saturated rings. The maximum Gasteiger partial charge on any atom is 0.126 e. The van der Waals surface area contributed by atoms with Gasteiger partial charge in [-0.15, -0.1) is 11.3 Å². The minimum Gasteiger partial charge on any atom is -0.314 e. The summed E-state index contributed by atoms with van der Waals surface area (Å²) in [6.45, 7) is 3.56. The number of piperazine rings is 1. The number of halogens is 2. The highest BCUT2D eigenvalue weighted by Gasteiger charge is 2.25. The van der Waals surface area contributed by atoms with Gasteiger partial charge in [0.25, 0.3) is 0 Å². The van der Waals surface area contributed by atoms with Crippen molar-refractivity contribution in [3.63, 3.8) is 0 Å². The summed E-state index contributed by atoms with van der Waals surface area (Å²) in [5.74, 6) is -1.03. The first-order valence-electron chi connectivity index (χ1n) is 6.68. The minimum atomic E-state index is -0.517. The molecule has 20 heavy (non-hydrogen) atoms. The van der Waals surface area contributed by atoms with E-state index >= 15 is 0 Å². The second-order valence-electron chi connectivity index (χ2n) is 4.91. The smallest absolute Gasteiger partial charge is 0.126 e. The van der Waals surface area contributed by atoms with E-state index in [0.717, 1.165) is 37.1 Å². The predicted molar refractivity (Wildman–Crippen MR) is 77.0 cm³/mol. The van der Waals surface area contributed by atoms with Gasteiger partial charge in [-0.1, -0.05) is 6.07 Å². The van der Waals surface area contributed by atoms with Crippen LogP contribution in [0.5, 0.6) is 0 Å². The molecule has 1 aromatic heterocycles. The zero-order valence-electron chi connectivity index (χ0n) is 11.0. The van der Waals surface area contributed by atoms with Gasteiger partial charge in [0.15, 0.2) is 0 Å². The van der Waals surface area contributed by atoms with E-state index in [0.29, 0.717) is 5.56 Å². The maximum atomic E-state index is 13.5. The summed E-state index contributed by atoms with van der Waals surface area (Å²) in [6, 6.07) is 7.74. The summed E-state index contributed by atoms with van der Waals surface area (Å²) < 4.78 is 27.1. The number of benzene rings is 1. The van der Waals surface area contributed by atoms with Crippen molar-refractivity contribution in [2.75, 3.05) is 26.2 Å². The molecule has 0 aliphatic carbocycles. The lowest BCUT2D eigenvalue weighted by molar-refractivity contribution is 0.200. The zero-order chi connectivity index (χ0) is 13.9. The van der Waals surface area contributed by atoms with E-state index in [1.165, 1.54) is 12.1 Å². The molecular formula is C15H16F2N2S. The third-order valence-electron chi connectivity index (χ3n) is 3.53. The van der Waals surface area contributed by atoms with Crippen molar-refractivity contribution < 1.29 is 8.78 Å². The van der Waals surface area contributed by atoms with Gasteiger partial charge in [-0.2, -0.15) is 0 Å². The highest BCUT2D eigenvalue weighted by atomic mass is 32.1. The van der Waals surface area contributed by atoms with Gasteiger partial charge in [-0.3, -0.25) is 4.90 Å². The van der Waals surface area contributed by atoms with Gasteiger partial charge in [-0.05, 0) is 29.1 Å². The summed E-state index contributed by atoms with van der Waals surface area (Å²) in [5, 5.41) is 5.30. The molecule has 1 atom stereocenters. The predicted octanol–water partition coefficient (Wildman–Crippen LogP) is 3.02. The minimum absolute atomic E-state index is 0.0673. The van der Waals surface area contributed by atoms with Crippen LogP contribution < -0.4 is 5.32 Å². The Morgan fingerprint density at radius 2 is 1.80 bits per heavy atom. The number of nitrogens with zero attached hydrogens (tertiary/aromatic N) is 1. The molecule has 2 aromatic rings. The average Bonchev–Trinajstić information content (AvgIpc) is 2.93. The first kappa shape index (κ1) is 13.7. The highest BCUT2D eigenvalue weighted by Crippen LogP contribution is 2.32. The van der Waals surface area contributed by atoms with Crippen molar-refractivity contribution in [1.82, 2.24) is 10.2 Å². The van der Waals surface area contributed by atoms with Gasteiger partial charge in [0, 0.05) is 37.1 Å². The third kappa shape index (κ3) is 2.90. The van der Waals surface area contributed by atoms with E-state index in [1.807, 2.05) is 17.5 Å². The van der Waals surface area contributed by atoms with Crippen LogP contribution in [-0.2, 0) is 0 Å². The molecule has 2 heterocycles. The van der Waals surface area contributed by atoms with E-state index in [2.05, 4.69) is 10.2 Å². The number of hydrogen-bond donors (Lipinski definition) is 1. The lowest BCUT2D eigenvalue weighted by Crippen LogP contribution is -2.45. The Balaban J connectivity index is 2.00. The molecule has 0 bridgehead atoms. The Hall–Kier alpha value is -1.30. The molecule has 0 amide bonds. The Morgan fingerprint density at radius 1 is 1.10 bits per heavy atom. The molecule has 1 saturated heterocycles. The van der Waals surface area contributed by atoms with Crippen LogP contribution in [0.15, 0.2) is 35.7 Å². The van der Waals surface area contributed by atoms with Gasteiger partial charge in [-0.25, -0.2) is 8.78 Å². The fourth-order valence-electron chi connectivity index (χ4n) is 2.68. The molecule has 1 N–H and O–H groups in total.